The smallest absolute Gasteiger partial charge is 0.257 e. The zero-order chi connectivity index (χ0) is 12.6. The molecule has 0 atom stereocenters. The van der Waals surface area contributed by atoms with E-state index in [2.05, 4.69) is 25.9 Å². The van der Waals surface area contributed by atoms with Gasteiger partial charge in [-0.15, -0.1) is 0 Å². The molecule has 2 aromatic rings. The van der Waals surface area contributed by atoms with Crippen molar-refractivity contribution < 1.29 is 5.11 Å². The first-order valence-electron chi connectivity index (χ1n) is 4.74. The molecule has 0 saturated carbocycles. The zero-order valence-corrected chi connectivity index (χ0v) is 11.1. The van der Waals surface area contributed by atoms with Gasteiger partial charge in [0.05, 0.1) is 5.56 Å². The quantitative estimate of drug-likeness (QED) is 0.850. The van der Waals surface area contributed by atoms with Crippen molar-refractivity contribution in [3.63, 3.8) is 0 Å². The molecule has 2 rings (SSSR count). The van der Waals surface area contributed by atoms with Crippen LogP contribution in [0.15, 0.2) is 27.5 Å². The lowest BCUT2D eigenvalue weighted by Crippen LogP contribution is -2.12. The lowest BCUT2D eigenvalue weighted by atomic mass is 10.2. The van der Waals surface area contributed by atoms with Crippen LogP contribution in [0.2, 0.25) is 5.02 Å². The van der Waals surface area contributed by atoms with E-state index in [1.807, 2.05) is 0 Å². The molecule has 0 fully saturated rings. The lowest BCUT2D eigenvalue weighted by molar-refractivity contribution is 0.447. The van der Waals surface area contributed by atoms with Gasteiger partial charge in [-0.05, 0) is 25.1 Å². The highest BCUT2D eigenvalue weighted by atomic mass is 79.9. The number of benzene rings is 1. The van der Waals surface area contributed by atoms with Crippen LogP contribution in [0.4, 0.5) is 0 Å². The van der Waals surface area contributed by atoms with Crippen LogP contribution in [-0.4, -0.2) is 15.1 Å². The standard InChI is InChI=1S/C11H8BrClN2O2/c1-5-10(16)14-9(15-11(5)17)7-4-6(13)2-3-8(7)12/h2-4H,1H3,(H2,14,15,16,17). The summed E-state index contributed by atoms with van der Waals surface area (Å²) in [5.74, 6) is -0.0110. The number of H-pyrrole nitrogens is 1. The van der Waals surface area contributed by atoms with Crippen LogP contribution in [0.3, 0.4) is 0 Å². The van der Waals surface area contributed by atoms with E-state index >= 15 is 0 Å². The second kappa shape index (κ2) is 4.50. The van der Waals surface area contributed by atoms with Gasteiger partial charge in [0, 0.05) is 15.1 Å². The molecule has 6 heteroatoms. The summed E-state index contributed by atoms with van der Waals surface area (Å²) in [4.78, 5) is 18.0. The number of aromatic nitrogens is 2. The molecule has 0 radical (unpaired) electrons. The number of hydrogen-bond donors (Lipinski definition) is 2. The number of nitrogens with one attached hydrogen (secondary N) is 1. The van der Waals surface area contributed by atoms with Crippen molar-refractivity contribution in [2.75, 3.05) is 0 Å². The van der Waals surface area contributed by atoms with E-state index in [-0.39, 0.29) is 22.8 Å². The molecule has 88 valence electrons. The fourth-order valence-corrected chi connectivity index (χ4v) is 1.93. The molecule has 0 bridgehead atoms. The molecule has 0 aliphatic carbocycles. The Balaban J connectivity index is 2.69. The molecule has 0 amide bonds. The Hall–Kier alpha value is -1.33. The van der Waals surface area contributed by atoms with E-state index in [9.17, 15) is 9.90 Å². The summed E-state index contributed by atoms with van der Waals surface area (Å²) in [7, 11) is 0. The van der Waals surface area contributed by atoms with Gasteiger partial charge in [-0.25, -0.2) is 0 Å². The monoisotopic (exact) mass is 314 g/mol. The summed E-state index contributed by atoms with van der Waals surface area (Å²) < 4.78 is 0.730. The summed E-state index contributed by atoms with van der Waals surface area (Å²) in [5.41, 5.74) is 0.427. The van der Waals surface area contributed by atoms with E-state index in [1.165, 1.54) is 6.92 Å². The minimum absolute atomic E-state index is 0.187. The number of halogens is 2. The van der Waals surface area contributed by atoms with Gasteiger partial charge in [-0.1, -0.05) is 27.5 Å². The highest BCUT2D eigenvalue weighted by Gasteiger charge is 2.10. The lowest BCUT2D eigenvalue weighted by Gasteiger charge is -2.05. The van der Waals surface area contributed by atoms with Crippen molar-refractivity contribution in [3.8, 4) is 17.3 Å². The second-order valence-corrected chi connectivity index (χ2v) is 4.78. The van der Waals surface area contributed by atoms with Gasteiger partial charge in [0.15, 0.2) is 0 Å². The maximum atomic E-state index is 11.5. The van der Waals surface area contributed by atoms with Crippen molar-refractivity contribution in [1.82, 2.24) is 9.97 Å². The van der Waals surface area contributed by atoms with E-state index in [4.69, 9.17) is 11.6 Å². The Kier molecular flexibility index (Phi) is 3.22. The third-order valence-corrected chi connectivity index (χ3v) is 3.24. The number of aromatic hydroxyl groups is 1. The fraction of sp³-hybridized carbons (Fsp3) is 0.0909. The Labute approximate surface area is 110 Å². The number of hydrogen-bond acceptors (Lipinski definition) is 3. The van der Waals surface area contributed by atoms with Gasteiger partial charge in [0.1, 0.15) is 5.82 Å². The molecule has 0 unspecified atom stereocenters. The first kappa shape index (κ1) is 12.1. The molecule has 1 aromatic carbocycles. The van der Waals surface area contributed by atoms with Crippen molar-refractivity contribution in [2.45, 2.75) is 6.92 Å². The summed E-state index contributed by atoms with van der Waals surface area (Å²) in [5, 5.41) is 10.0. The average molecular weight is 316 g/mol. The van der Waals surface area contributed by atoms with Gasteiger partial charge in [-0.3, -0.25) is 4.79 Å². The number of nitrogens with zero attached hydrogens (tertiary/aromatic N) is 1. The van der Waals surface area contributed by atoms with Gasteiger partial charge in [-0.2, -0.15) is 4.98 Å². The molecule has 1 heterocycles. The van der Waals surface area contributed by atoms with E-state index < -0.39 is 0 Å². The van der Waals surface area contributed by atoms with Crippen LogP contribution in [0, 0.1) is 6.92 Å². The van der Waals surface area contributed by atoms with Crippen molar-refractivity contribution >= 4 is 27.5 Å². The summed E-state index contributed by atoms with van der Waals surface area (Å²) >= 11 is 9.21. The number of aromatic amines is 1. The highest BCUT2D eigenvalue weighted by Crippen LogP contribution is 2.28. The van der Waals surface area contributed by atoms with Gasteiger partial charge in [0.2, 0.25) is 5.88 Å². The van der Waals surface area contributed by atoms with Crippen molar-refractivity contribution in [1.29, 1.82) is 0 Å². The van der Waals surface area contributed by atoms with Gasteiger partial charge in [0.25, 0.3) is 5.56 Å². The molecule has 2 N–H and O–H groups in total. The predicted octanol–water partition coefficient (Wildman–Crippen LogP) is 2.87. The van der Waals surface area contributed by atoms with Crippen molar-refractivity contribution in [2.24, 2.45) is 0 Å². The van der Waals surface area contributed by atoms with Crippen LogP contribution >= 0.6 is 27.5 Å². The Morgan fingerprint density at radius 2 is 2.18 bits per heavy atom. The summed E-state index contributed by atoms with van der Waals surface area (Å²) in [6.07, 6.45) is 0. The fourth-order valence-electron chi connectivity index (χ4n) is 1.33. The summed E-state index contributed by atoms with van der Waals surface area (Å²) in [6.45, 7) is 1.50. The number of rotatable bonds is 1. The maximum Gasteiger partial charge on any atom is 0.257 e. The van der Waals surface area contributed by atoms with Crippen LogP contribution in [0.5, 0.6) is 5.88 Å². The van der Waals surface area contributed by atoms with Crippen molar-refractivity contribution in [3.05, 3.63) is 43.6 Å². The Morgan fingerprint density at radius 1 is 1.47 bits per heavy atom. The molecule has 17 heavy (non-hydrogen) atoms. The molecule has 1 aromatic heterocycles. The normalized spacial score (nSPS) is 10.5. The average Bonchev–Trinajstić information content (AvgIpc) is 2.28. The largest absolute Gasteiger partial charge is 0.493 e. The van der Waals surface area contributed by atoms with Crippen LogP contribution in [0.25, 0.3) is 11.4 Å². The van der Waals surface area contributed by atoms with Crippen LogP contribution in [-0.2, 0) is 0 Å². The van der Waals surface area contributed by atoms with Gasteiger partial charge >= 0.3 is 0 Å². The van der Waals surface area contributed by atoms with E-state index in [0.717, 1.165) is 4.47 Å². The minimum atomic E-state index is -0.376. The SMILES string of the molecule is Cc1c(O)nc(-c2cc(Cl)ccc2Br)[nH]c1=O. The molecule has 0 spiro atoms. The zero-order valence-electron chi connectivity index (χ0n) is 8.79. The predicted molar refractivity (Wildman–Crippen MR) is 69.4 cm³/mol. The Morgan fingerprint density at radius 3 is 2.82 bits per heavy atom. The highest BCUT2D eigenvalue weighted by molar-refractivity contribution is 9.10. The Bertz CT molecular complexity index is 640. The van der Waals surface area contributed by atoms with Gasteiger partial charge < -0.3 is 10.1 Å². The molecular weight excluding hydrogens is 307 g/mol. The molecule has 4 nitrogen and oxygen atoms in total. The second-order valence-electron chi connectivity index (χ2n) is 3.49. The first-order chi connectivity index (χ1) is 7.99. The van der Waals surface area contributed by atoms with E-state index in [1.54, 1.807) is 18.2 Å². The summed E-state index contributed by atoms with van der Waals surface area (Å²) in [6, 6.07) is 5.11. The molecule has 0 aliphatic rings. The minimum Gasteiger partial charge on any atom is -0.493 e. The molecular formula is C11H8BrClN2O2. The topological polar surface area (TPSA) is 66.0 Å². The first-order valence-corrected chi connectivity index (χ1v) is 5.91. The molecule has 0 saturated heterocycles. The third-order valence-electron chi connectivity index (χ3n) is 2.31. The maximum absolute atomic E-state index is 11.5. The van der Waals surface area contributed by atoms with Crippen LogP contribution < -0.4 is 5.56 Å². The van der Waals surface area contributed by atoms with Crippen LogP contribution in [0.1, 0.15) is 5.56 Å². The third kappa shape index (κ3) is 2.35. The van der Waals surface area contributed by atoms with E-state index in [0.29, 0.717) is 10.6 Å². The molecule has 0 aliphatic heterocycles.